The molecule has 0 fully saturated rings. The number of amides is 2. The van der Waals surface area contributed by atoms with E-state index in [4.69, 9.17) is 4.74 Å². The summed E-state index contributed by atoms with van der Waals surface area (Å²) < 4.78 is 21.4. The van der Waals surface area contributed by atoms with Crippen LogP contribution in [0.5, 0.6) is 5.75 Å². The number of hydrogen-bond acceptors (Lipinski definition) is 4. The molecule has 124 valence electrons. The highest BCUT2D eigenvalue weighted by Crippen LogP contribution is 2.31. The minimum Gasteiger partial charge on any atom is -0.495 e. The van der Waals surface area contributed by atoms with Gasteiger partial charge in [0, 0.05) is 13.1 Å². The number of carbonyl (C=O) groups is 1. The van der Waals surface area contributed by atoms with Crippen molar-refractivity contribution in [3.63, 3.8) is 0 Å². The Hall–Kier alpha value is -2.74. The zero-order chi connectivity index (χ0) is 17.3. The molecule has 0 aliphatic carbocycles. The molecule has 0 unspecified atom stereocenters. The molecule has 8 heteroatoms. The summed E-state index contributed by atoms with van der Waals surface area (Å²) in [6.07, 6.45) is 1.66. The Morgan fingerprint density at radius 1 is 1.38 bits per heavy atom. The van der Waals surface area contributed by atoms with E-state index in [0.717, 1.165) is 15.3 Å². The van der Waals surface area contributed by atoms with Crippen LogP contribution in [-0.2, 0) is 7.05 Å². The van der Waals surface area contributed by atoms with Crippen LogP contribution in [0.2, 0.25) is 0 Å². The molecule has 0 saturated carbocycles. The normalized spacial score (nSPS) is 10.7. The smallest absolute Gasteiger partial charge is 0.336 e. The van der Waals surface area contributed by atoms with Gasteiger partial charge in [-0.15, -0.1) is 0 Å². The summed E-state index contributed by atoms with van der Waals surface area (Å²) in [4.78, 5) is 16.7. The summed E-state index contributed by atoms with van der Waals surface area (Å²) in [6.45, 7) is 0. The minimum absolute atomic E-state index is 0.204. The number of nitrogens with one attached hydrogen (secondary N) is 1. The maximum absolute atomic E-state index is 13.5. The number of halogens is 1. The Bertz CT molecular complexity index is 912. The number of ether oxygens (including phenoxy) is 1. The van der Waals surface area contributed by atoms with Gasteiger partial charge in [0.2, 0.25) is 0 Å². The summed E-state index contributed by atoms with van der Waals surface area (Å²) in [7, 11) is 3.27. The van der Waals surface area contributed by atoms with Crippen molar-refractivity contribution in [2.24, 2.45) is 7.05 Å². The summed E-state index contributed by atoms with van der Waals surface area (Å²) in [5, 5.41) is 2.75. The van der Waals surface area contributed by atoms with Gasteiger partial charge in [-0.1, -0.05) is 18.9 Å². The molecule has 0 atom stereocenters. The Morgan fingerprint density at radius 2 is 2.17 bits per heavy atom. The Kier molecular flexibility index (Phi) is 4.30. The molecule has 1 N–H and O–H groups in total. The van der Waals surface area contributed by atoms with E-state index in [0.29, 0.717) is 11.4 Å². The maximum Gasteiger partial charge on any atom is 0.336 e. The number of rotatable bonds is 3. The Labute approximate surface area is 143 Å². The van der Waals surface area contributed by atoms with Crippen molar-refractivity contribution in [3.8, 4) is 5.75 Å². The summed E-state index contributed by atoms with van der Waals surface area (Å²) >= 11 is 4.17. The lowest BCUT2D eigenvalue weighted by Crippen LogP contribution is -2.27. The third kappa shape index (κ3) is 2.88. The van der Waals surface area contributed by atoms with Crippen LogP contribution in [0, 0.1) is 5.82 Å². The summed E-state index contributed by atoms with van der Waals surface area (Å²) in [5.74, 6) is -0.160. The molecule has 3 rings (SSSR count). The minimum atomic E-state index is -0.545. The fourth-order valence-corrected chi connectivity index (χ4v) is 2.63. The molecule has 0 spiro atoms. The van der Waals surface area contributed by atoms with E-state index in [1.807, 2.05) is 13.1 Å². The molecular formula is C16H15FN4O2S. The molecule has 1 heterocycles. The SMILES string of the molecule is COc1ccc(F)cc1N(S)C(=O)Nc1cccc2ncn(C)c12. The number of hydrogen-bond donors (Lipinski definition) is 2. The number of thiol groups is 1. The lowest BCUT2D eigenvalue weighted by atomic mass is 10.2. The van der Waals surface area contributed by atoms with Crippen molar-refractivity contribution in [1.82, 2.24) is 9.55 Å². The van der Waals surface area contributed by atoms with Gasteiger partial charge in [-0.2, -0.15) is 0 Å². The molecule has 2 amide bonds. The van der Waals surface area contributed by atoms with E-state index in [1.165, 1.54) is 25.3 Å². The number of fused-ring (bicyclic) bond motifs is 1. The second-order valence-electron chi connectivity index (χ2n) is 5.09. The van der Waals surface area contributed by atoms with Gasteiger partial charge in [0.05, 0.1) is 30.2 Å². The maximum atomic E-state index is 13.5. The molecule has 3 aromatic rings. The second kappa shape index (κ2) is 6.40. The number of anilines is 2. The Morgan fingerprint density at radius 3 is 2.92 bits per heavy atom. The van der Waals surface area contributed by atoms with Crippen LogP contribution in [-0.4, -0.2) is 22.7 Å². The molecule has 1 aromatic heterocycles. The standard InChI is InChI=1S/C16H15FN4O2S/c1-20-9-18-11-4-3-5-12(15(11)20)19-16(22)21(24)13-8-10(17)6-7-14(13)23-2/h3-9,24H,1-2H3,(H,19,22). The number of benzene rings is 2. The van der Waals surface area contributed by atoms with Crippen LogP contribution in [0.1, 0.15) is 0 Å². The topological polar surface area (TPSA) is 59.4 Å². The van der Waals surface area contributed by atoms with E-state index in [1.54, 1.807) is 23.0 Å². The predicted octanol–water partition coefficient (Wildman–Crippen LogP) is 3.60. The molecule has 0 aliphatic rings. The number of para-hydroxylation sites is 1. The number of aryl methyl sites for hydroxylation is 1. The summed E-state index contributed by atoms with van der Waals surface area (Å²) in [5.41, 5.74) is 2.31. The van der Waals surface area contributed by atoms with E-state index in [2.05, 4.69) is 23.1 Å². The lowest BCUT2D eigenvalue weighted by Gasteiger charge is -2.19. The largest absolute Gasteiger partial charge is 0.495 e. The van der Waals surface area contributed by atoms with E-state index in [9.17, 15) is 9.18 Å². The first kappa shape index (κ1) is 16.1. The fourth-order valence-electron chi connectivity index (χ4n) is 2.42. The van der Waals surface area contributed by atoms with Crippen LogP contribution in [0.25, 0.3) is 11.0 Å². The van der Waals surface area contributed by atoms with Crippen molar-refractivity contribution < 1.29 is 13.9 Å². The molecule has 0 saturated heterocycles. The van der Waals surface area contributed by atoms with Gasteiger partial charge in [-0.25, -0.2) is 18.5 Å². The first-order valence-electron chi connectivity index (χ1n) is 7.05. The number of nitrogens with zero attached hydrogens (tertiary/aromatic N) is 3. The molecule has 6 nitrogen and oxygen atoms in total. The van der Waals surface area contributed by atoms with Crippen molar-refractivity contribution in [1.29, 1.82) is 0 Å². The molecule has 0 aliphatic heterocycles. The van der Waals surface area contributed by atoms with E-state index < -0.39 is 11.8 Å². The van der Waals surface area contributed by atoms with Gasteiger partial charge in [0.1, 0.15) is 17.3 Å². The summed E-state index contributed by atoms with van der Waals surface area (Å²) in [6, 6.07) is 8.70. The van der Waals surface area contributed by atoms with Crippen molar-refractivity contribution in [3.05, 3.63) is 48.5 Å². The van der Waals surface area contributed by atoms with Gasteiger partial charge in [0.25, 0.3) is 0 Å². The first-order chi connectivity index (χ1) is 11.5. The number of carbonyl (C=O) groups excluding carboxylic acids is 1. The van der Waals surface area contributed by atoms with Crippen molar-refractivity contribution in [2.45, 2.75) is 0 Å². The first-order valence-corrected chi connectivity index (χ1v) is 7.45. The highest BCUT2D eigenvalue weighted by Gasteiger charge is 2.19. The fraction of sp³-hybridized carbons (Fsp3) is 0.125. The number of methoxy groups -OCH3 is 1. The van der Waals surface area contributed by atoms with Gasteiger partial charge in [0.15, 0.2) is 0 Å². The van der Waals surface area contributed by atoms with Gasteiger partial charge in [-0.05, 0) is 24.3 Å². The highest BCUT2D eigenvalue weighted by atomic mass is 32.1. The zero-order valence-corrected chi connectivity index (χ0v) is 13.9. The van der Waals surface area contributed by atoms with Gasteiger partial charge in [-0.3, -0.25) is 0 Å². The molecule has 2 aromatic carbocycles. The molecule has 24 heavy (non-hydrogen) atoms. The highest BCUT2D eigenvalue weighted by molar-refractivity contribution is 7.82. The second-order valence-corrected chi connectivity index (χ2v) is 5.49. The van der Waals surface area contributed by atoms with Crippen LogP contribution in [0.3, 0.4) is 0 Å². The molecule has 0 radical (unpaired) electrons. The number of urea groups is 1. The van der Waals surface area contributed by atoms with E-state index >= 15 is 0 Å². The number of imidazole rings is 1. The average molecular weight is 346 g/mol. The zero-order valence-electron chi connectivity index (χ0n) is 13.0. The van der Waals surface area contributed by atoms with Crippen molar-refractivity contribution >= 4 is 41.3 Å². The molecule has 0 bridgehead atoms. The van der Waals surface area contributed by atoms with Crippen LogP contribution in [0.4, 0.5) is 20.6 Å². The van der Waals surface area contributed by atoms with Crippen LogP contribution in [0.15, 0.2) is 42.7 Å². The number of aromatic nitrogens is 2. The van der Waals surface area contributed by atoms with Gasteiger partial charge < -0.3 is 14.6 Å². The van der Waals surface area contributed by atoms with Crippen LogP contribution >= 0.6 is 12.8 Å². The predicted molar refractivity (Wildman–Crippen MR) is 94.1 cm³/mol. The lowest BCUT2D eigenvalue weighted by molar-refractivity contribution is 0.260. The monoisotopic (exact) mass is 346 g/mol. The molecular weight excluding hydrogens is 331 g/mol. The quantitative estimate of drug-likeness (QED) is 0.713. The Balaban J connectivity index is 1.92. The van der Waals surface area contributed by atoms with Gasteiger partial charge >= 0.3 is 6.03 Å². The van der Waals surface area contributed by atoms with E-state index in [-0.39, 0.29) is 5.69 Å². The average Bonchev–Trinajstić information content (AvgIpc) is 2.96. The third-order valence-electron chi connectivity index (χ3n) is 3.54. The van der Waals surface area contributed by atoms with Crippen molar-refractivity contribution in [2.75, 3.05) is 16.7 Å². The van der Waals surface area contributed by atoms with Crippen LogP contribution < -0.4 is 14.4 Å². The third-order valence-corrected chi connectivity index (χ3v) is 3.94.